The second-order valence-corrected chi connectivity index (χ2v) is 15.0. The first-order valence-corrected chi connectivity index (χ1v) is 14.6. The third kappa shape index (κ3) is 5.50. The maximum atomic E-state index is 6.13. The number of hydrogen-bond acceptors (Lipinski definition) is 4. The molecule has 5 nitrogen and oxygen atoms in total. The molecule has 3 aromatic rings. The van der Waals surface area contributed by atoms with Crippen LogP contribution in [0.5, 0.6) is 0 Å². The van der Waals surface area contributed by atoms with Crippen molar-refractivity contribution in [3.8, 4) is 0 Å². The van der Waals surface area contributed by atoms with Crippen LogP contribution in [-0.4, -0.2) is 43.4 Å². The Bertz CT molecular complexity index is 952. The molecule has 1 saturated heterocycles. The summed E-state index contributed by atoms with van der Waals surface area (Å²) in [5.74, 6) is 0. The normalized spacial score (nSPS) is 17.2. The molecule has 0 spiro atoms. The lowest BCUT2D eigenvalue weighted by Gasteiger charge is -2.19. The first-order valence-electron chi connectivity index (χ1n) is 10.9. The van der Waals surface area contributed by atoms with Crippen LogP contribution < -0.4 is 4.90 Å². The van der Waals surface area contributed by atoms with E-state index in [1.807, 2.05) is 12.3 Å². The van der Waals surface area contributed by atoms with Gasteiger partial charge in [0.1, 0.15) is 12.4 Å². The lowest BCUT2D eigenvalue weighted by atomic mass is 10.2. The summed E-state index contributed by atoms with van der Waals surface area (Å²) in [4.78, 5) is 7.12. The van der Waals surface area contributed by atoms with E-state index in [2.05, 4.69) is 71.7 Å². The lowest BCUT2D eigenvalue weighted by molar-refractivity contribution is 0.0553. The predicted octanol–water partition coefficient (Wildman–Crippen LogP) is 5.14. The summed E-state index contributed by atoms with van der Waals surface area (Å²) in [5.41, 5.74) is 3.39. The van der Waals surface area contributed by atoms with Crippen molar-refractivity contribution in [2.45, 2.75) is 51.5 Å². The SMILES string of the molecule is C[Si](C)(C)CCOCn1ccc2cc(N3CCC(OCc4ccccc4)C3)cnc21. The molecular weight excluding hydrogens is 390 g/mol. The second kappa shape index (κ2) is 9.33. The van der Waals surface area contributed by atoms with E-state index < -0.39 is 8.07 Å². The molecule has 160 valence electrons. The topological polar surface area (TPSA) is 39.5 Å². The smallest absolute Gasteiger partial charge is 0.141 e. The van der Waals surface area contributed by atoms with E-state index in [0.29, 0.717) is 13.3 Å². The van der Waals surface area contributed by atoms with Crippen molar-refractivity contribution in [1.29, 1.82) is 0 Å². The highest BCUT2D eigenvalue weighted by atomic mass is 28.3. The van der Waals surface area contributed by atoms with Crippen LogP contribution in [-0.2, 0) is 22.8 Å². The van der Waals surface area contributed by atoms with E-state index in [-0.39, 0.29) is 6.10 Å². The van der Waals surface area contributed by atoms with Crippen LogP contribution >= 0.6 is 0 Å². The molecule has 0 N–H and O–H groups in total. The van der Waals surface area contributed by atoms with Gasteiger partial charge in [0, 0.05) is 39.4 Å². The van der Waals surface area contributed by atoms with Crippen molar-refractivity contribution in [1.82, 2.24) is 9.55 Å². The van der Waals surface area contributed by atoms with Gasteiger partial charge in [-0.15, -0.1) is 0 Å². The van der Waals surface area contributed by atoms with Gasteiger partial charge in [0.25, 0.3) is 0 Å². The van der Waals surface area contributed by atoms with Gasteiger partial charge in [0.15, 0.2) is 0 Å². The molecule has 0 saturated carbocycles. The van der Waals surface area contributed by atoms with Gasteiger partial charge in [-0.2, -0.15) is 0 Å². The van der Waals surface area contributed by atoms with Crippen LogP contribution in [0.25, 0.3) is 11.0 Å². The molecule has 0 aliphatic carbocycles. The maximum absolute atomic E-state index is 6.13. The molecule has 4 rings (SSSR count). The molecule has 1 aromatic carbocycles. The van der Waals surface area contributed by atoms with E-state index in [9.17, 15) is 0 Å². The number of hydrogen-bond donors (Lipinski definition) is 0. The monoisotopic (exact) mass is 423 g/mol. The zero-order valence-electron chi connectivity index (χ0n) is 18.4. The van der Waals surface area contributed by atoms with Crippen LogP contribution in [0, 0.1) is 0 Å². The molecule has 2 aromatic heterocycles. The Morgan fingerprint density at radius 3 is 2.77 bits per heavy atom. The average molecular weight is 424 g/mol. The van der Waals surface area contributed by atoms with E-state index in [0.717, 1.165) is 37.2 Å². The van der Waals surface area contributed by atoms with Crippen molar-refractivity contribution >= 4 is 24.8 Å². The van der Waals surface area contributed by atoms with E-state index in [4.69, 9.17) is 14.5 Å². The number of benzene rings is 1. The first-order chi connectivity index (χ1) is 14.5. The van der Waals surface area contributed by atoms with Gasteiger partial charge in [-0.3, -0.25) is 0 Å². The Morgan fingerprint density at radius 2 is 1.97 bits per heavy atom. The molecule has 3 heterocycles. The minimum absolute atomic E-state index is 0.269. The molecule has 6 heteroatoms. The highest BCUT2D eigenvalue weighted by Gasteiger charge is 2.24. The molecule has 1 fully saturated rings. The largest absolute Gasteiger partial charge is 0.372 e. The third-order valence-electron chi connectivity index (χ3n) is 5.65. The van der Waals surface area contributed by atoms with Gasteiger partial charge in [-0.1, -0.05) is 50.0 Å². The van der Waals surface area contributed by atoms with Crippen molar-refractivity contribution in [2.24, 2.45) is 0 Å². The summed E-state index contributed by atoms with van der Waals surface area (Å²) in [6.07, 6.45) is 5.38. The fraction of sp³-hybridized carbons (Fsp3) is 0.458. The van der Waals surface area contributed by atoms with E-state index in [1.165, 1.54) is 17.3 Å². The van der Waals surface area contributed by atoms with Gasteiger partial charge >= 0.3 is 0 Å². The number of pyridine rings is 1. The van der Waals surface area contributed by atoms with Crippen molar-refractivity contribution in [3.05, 3.63) is 60.4 Å². The van der Waals surface area contributed by atoms with Crippen LogP contribution in [0.15, 0.2) is 54.9 Å². The minimum atomic E-state index is -1.05. The second-order valence-electron chi connectivity index (χ2n) is 9.39. The predicted molar refractivity (Wildman–Crippen MR) is 126 cm³/mol. The molecule has 1 unspecified atom stereocenters. The summed E-state index contributed by atoms with van der Waals surface area (Å²) in [5, 5.41) is 1.16. The fourth-order valence-electron chi connectivity index (χ4n) is 3.77. The molecule has 1 atom stereocenters. The van der Waals surface area contributed by atoms with Gasteiger partial charge < -0.3 is 18.9 Å². The van der Waals surface area contributed by atoms with E-state index in [1.54, 1.807) is 0 Å². The van der Waals surface area contributed by atoms with Gasteiger partial charge in [-0.05, 0) is 30.2 Å². The molecule has 30 heavy (non-hydrogen) atoms. The zero-order chi connectivity index (χ0) is 21.0. The Morgan fingerprint density at radius 1 is 1.13 bits per heavy atom. The van der Waals surface area contributed by atoms with Crippen LogP contribution in [0.3, 0.4) is 0 Å². The number of anilines is 1. The number of fused-ring (bicyclic) bond motifs is 1. The third-order valence-corrected chi connectivity index (χ3v) is 7.36. The molecule has 1 aliphatic rings. The Hall–Kier alpha value is -2.15. The van der Waals surface area contributed by atoms with E-state index >= 15 is 0 Å². The summed E-state index contributed by atoms with van der Waals surface area (Å²) in [6, 6.07) is 15.9. The average Bonchev–Trinajstić information content (AvgIpc) is 3.36. The Labute approximate surface area is 180 Å². The van der Waals surface area contributed by atoms with Gasteiger partial charge in [0.05, 0.1) is 24.6 Å². The Kier molecular flexibility index (Phi) is 6.56. The summed E-state index contributed by atoms with van der Waals surface area (Å²) >= 11 is 0. The Balaban J connectivity index is 1.32. The molecule has 1 aliphatic heterocycles. The van der Waals surface area contributed by atoms with Crippen LogP contribution in [0.4, 0.5) is 5.69 Å². The molecular formula is C24H33N3O2Si. The molecule has 0 amide bonds. The van der Waals surface area contributed by atoms with Crippen molar-refractivity contribution in [3.63, 3.8) is 0 Å². The first kappa shape index (κ1) is 21.1. The maximum Gasteiger partial charge on any atom is 0.141 e. The molecule has 0 radical (unpaired) electrons. The number of rotatable bonds is 9. The lowest BCUT2D eigenvalue weighted by Crippen LogP contribution is -2.23. The van der Waals surface area contributed by atoms with Crippen LogP contribution in [0.1, 0.15) is 12.0 Å². The number of aromatic nitrogens is 2. The van der Waals surface area contributed by atoms with Gasteiger partial charge in [0.2, 0.25) is 0 Å². The van der Waals surface area contributed by atoms with Crippen molar-refractivity contribution in [2.75, 3.05) is 24.6 Å². The molecule has 0 bridgehead atoms. The summed E-state index contributed by atoms with van der Waals surface area (Å²) in [6.45, 7) is 11.1. The van der Waals surface area contributed by atoms with Crippen LogP contribution in [0.2, 0.25) is 25.7 Å². The summed E-state index contributed by atoms with van der Waals surface area (Å²) < 4.78 is 14.1. The fourth-order valence-corrected chi connectivity index (χ4v) is 4.53. The minimum Gasteiger partial charge on any atom is -0.372 e. The standard InChI is InChI=1S/C24H33N3O2Si/c1-30(2,3)14-13-28-19-27-11-9-21-15-22(16-25-24(21)27)26-12-10-23(17-26)29-18-20-7-5-4-6-8-20/h4-9,11,15-16,23H,10,12-14,17-19H2,1-3H3. The zero-order valence-corrected chi connectivity index (χ0v) is 19.4. The quantitative estimate of drug-likeness (QED) is 0.353. The highest BCUT2D eigenvalue weighted by molar-refractivity contribution is 6.76. The highest BCUT2D eigenvalue weighted by Crippen LogP contribution is 2.25. The number of nitrogens with zero attached hydrogens (tertiary/aromatic N) is 3. The van der Waals surface area contributed by atoms with Gasteiger partial charge in [-0.25, -0.2) is 4.98 Å². The van der Waals surface area contributed by atoms with Crippen molar-refractivity contribution < 1.29 is 9.47 Å². The summed E-state index contributed by atoms with van der Waals surface area (Å²) in [7, 11) is -1.05. The number of ether oxygens (including phenoxy) is 2.